The number of hydrazine groups is 1. The molecule has 0 bridgehead atoms. The maximum atomic E-state index is 5.87. The van der Waals surface area contributed by atoms with Crippen LogP contribution < -0.4 is 11.3 Å². The first-order valence-corrected chi connectivity index (χ1v) is 7.60. The van der Waals surface area contributed by atoms with E-state index >= 15 is 0 Å². The summed E-state index contributed by atoms with van der Waals surface area (Å²) in [5.41, 5.74) is 3.09. The number of rotatable bonds is 7. The predicted molar refractivity (Wildman–Crippen MR) is 77.7 cm³/mol. The molecule has 0 spiro atoms. The monoisotopic (exact) mass is 281 g/mol. The van der Waals surface area contributed by atoms with Crippen molar-refractivity contribution in [3.8, 4) is 0 Å². The molecular formula is C13H27N7. The largest absolute Gasteiger partial charge is 0.296 e. The number of nitrogens with two attached hydrogens (primary N) is 1. The van der Waals surface area contributed by atoms with Crippen molar-refractivity contribution in [1.82, 2.24) is 30.5 Å². The van der Waals surface area contributed by atoms with Gasteiger partial charge in [-0.15, -0.1) is 10.2 Å². The zero-order chi connectivity index (χ0) is 14.6. The minimum absolute atomic E-state index is 0.0739. The highest BCUT2D eigenvalue weighted by molar-refractivity contribution is 5.03. The maximum absolute atomic E-state index is 5.87. The lowest BCUT2D eigenvalue weighted by Crippen LogP contribution is -2.62. The summed E-state index contributed by atoms with van der Waals surface area (Å²) in [7, 11) is 1.79. The topological polar surface area (TPSA) is 84.9 Å². The molecule has 0 amide bonds. The van der Waals surface area contributed by atoms with Gasteiger partial charge in [0.25, 0.3) is 0 Å². The van der Waals surface area contributed by atoms with E-state index in [9.17, 15) is 0 Å². The van der Waals surface area contributed by atoms with E-state index in [-0.39, 0.29) is 11.6 Å². The van der Waals surface area contributed by atoms with Crippen LogP contribution >= 0.6 is 0 Å². The van der Waals surface area contributed by atoms with Gasteiger partial charge in [-0.1, -0.05) is 13.8 Å². The van der Waals surface area contributed by atoms with Crippen LogP contribution in [-0.4, -0.2) is 49.8 Å². The van der Waals surface area contributed by atoms with Gasteiger partial charge >= 0.3 is 0 Å². The number of nitrogens with zero attached hydrogens (tertiary/aromatic N) is 5. The summed E-state index contributed by atoms with van der Waals surface area (Å²) in [4.78, 5) is 4.09. The second-order valence-corrected chi connectivity index (χ2v) is 5.62. The lowest BCUT2D eigenvalue weighted by Gasteiger charge is -2.46. The van der Waals surface area contributed by atoms with Crippen LogP contribution in [0.4, 0.5) is 0 Å². The summed E-state index contributed by atoms with van der Waals surface area (Å²) in [5.74, 6) is 6.62. The molecule has 20 heavy (non-hydrogen) atoms. The van der Waals surface area contributed by atoms with Gasteiger partial charge in [-0.3, -0.25) is 16.2 Å². The number of hydrogen-bond donors (Lipinski definition) is 2. The first-order chi connectivity index (χ1) is 9.66. The fourth-order valence-electron chi connectivity index (χ4n) is 3.56. The van der Waals surface area contributed by atoms with Gasteiger partial charge in [-0.05, 0) is 44.0 Å². The SMILES string of the molecule is CCC(CC)(C(Cc1nnn(C)n1)NN)N1CCCC1. The summed E-state index contributed by atoms with van der Waals surface area (Å²) in [6.45, 7) is 6.81. The van der Waals surface area contributed by atoms with Crippen molar-refractivity contribution >= 4 is 0 Å². The number of aromatic nitrogens is 4. The summed E-state index contributed by atoms with van der Waals surface area (Å²) in [6.07, 6.45) is 5.41. The Morgan fingerprint density at radius 1 is 1.30 bits per heavy atom. The Bertz CT molecular complexity index is 407. The number of tetrazole rings is 1. The summed E-state index contributed by atoms with van der Waals surface area (Å²) < 4.78 is 0. The Kier molecular flexibility index (Phi) is 5.06. The van der Waals surface area contributed by atoms with Crippen molar-refractivity contribution < 1.29 is 0 Å². The van der Waals surface area contributed by atoms with Crippen LogP contribution in [0.25, 0.3) is 0 Å². The van der Waals surface area contributed by atoms with Crippen molar-refractivity contribution in [1.29, 1.82) is 0 Å². The zero-order valence-corrected chi connectivity index (χ0v) is 12.8. The first-order valence-electron chi connectivity index (χ1n) is 7.60. The molecular weight excluding hydrogens is 254 g/mol. The molecule has 1 saturated heterocycles. The fourth-order valence-corrected chi connectivity index (χ4v) is 3.56. The maximum Gasteiger partial charge on any atom is 0.176 e. The third-order valence-electron chi connectivity index (χ3n) is 4.75. The minimum Gasteiger partial charge on any atom is -0.296 e. The Hall–Kier alpha value is -1.05. The molecule has 1 aliphatic heterocycles. The van der Waals surface area contributed by atoms with E-state index in [1.54, 1.807) is 7.05 Å². The van der Waals surface area contributed by atoms with E-state index in [2.05, 4.69) is 39.6 Å². The summed E-state index contributed by atoms with van der Waals surface area (Å²) in [5, 5.41) is 12.3. The van der Waals surface area contributed by atoms with Crippen LogP contribution in [0.3, 0.4) is 0 Å². The van der Waals surface area contributed by atoms with Crippen molar-refractivity contribution in [2.45, 2.75) is 57.5 Å². The van der Waals surface area contributed by atoms with Crippen LogP contribution in [-0.2, 0) is 13.5 Å². The highest BCUT2D eigenvalue weighted by Gasteiger charge is 2.42. The van der Waals surface area contributed by atoms with Crippen molar-refractivity contribution in [2.75, 3.05) is 13.1 Å². The van der Waals surface area contributed by atoms with Crippen molar-refractivity contribution in [2.24, 2.45) is 12.9 Å². The quantitative estimate of drug-likeness (QED) is 0.550. The van der Waals surface area contributed by atoms with Crippen LogP contribution in [0.5, 0.6) is 0 Å². The normalized spacial score (nSPS) is 18.6. The number of aryl methyl sites for hydroxylation is 1. The number of likely N-dealkylation sites (tertiary alicyclic amines) is 1. The van der Waals surface area contributed by atoms with E-state index in [4.69, 9.17) is 5.84 Å². The van der Waals surface area contributed by atoms with E-state index in [1.165, 1.54) is 17.6 Å². The molecule has 2 heterocycles. The van der Waals surface area contributed by atoms with Crippen molar-refractivity contribution in [3.05, 3.63) is 5.82 Å². The highest BCUT2D eigenvalue weighted by Crippen LogP contribution is 2.32. The van der Waals surface area contributed by atoms with Gasteiger partial charge in [0, 0.05) is 18.0 Å². The molecule has 114 valence electrons. The average molecular weight is 281 g/mol. The Balaban J connectivity index is 2.19. The second-order valence-electron chi connectivity index (χ2n) is 5.62. The summed E-state index contributed by atoms with van der Waals surface area (Å²) >= 11 is 0. The fraction of sp³-hybridized carbons (Fsp3) is 0.923. The van der Waals surface area contributed by atoms with Gasteiger partial charge in [-0.2, -0.15) is 4.80 Å². The molecule has 0 saturated carbocycles. The third kappa shape index (κ3) is 2.84. The lowest BCUT2D eigenvalue weighted by molar-refractivity contribution is 0.0613. The molecule has 1 unspecified atom stereocenters. The Morgan fingerprint density at radius 2 is 1.95 bits per heavy atom. The molecule has 2 rings (SSSR count). The van der Waals surface area contributed by atoms with E-state index < -0.39 is 0 Å². The lowest BCUT2D eigenvalue weighted by atomic mass is 9.81. The van der Waals surface area contributed by atoms with Crippen molar-refractivity contribution in [3.63, 3.8) is 0 Å². The van der Waals surface area contributed by atoms with Gasteiger partial charge in [0.15, 0.2) is 5.82 Å². The second kappa shape index (κ2) is 6.60. The van der Waals surface area contributed by atoms with E-state index in [0.717, 1.165) is 31.8 Å². The van der Waals surface area contributed by atoms with Gasteiger partial charge in [0.2, 0.25) is 0 Å². The smallest absolute Gasteiger partial charge is 0.176 e. The van der Waals surface area contributed by atoms with Crippen LogP contribution in [0.1, 0.15) is 45.4 Å². The molecule has 1 atom stereocenters. The molecule has 1 aromatic heterocycles. The Labute approximate surface area is 120 Å². The van der Waals surface area contributed by atoms with Gasteiger partial charge in [0.1, 0.15) is 0 Å². The third-order valence-corrected chi connectivity index (χ3v) is 4.75. The Morgan fingerprint density at radius 3 is 2.40 bits per heavy atom. The predicted octanol–water partition coefficient (Wildman–Crippen LogP) is 0.239. The van der Waals surface area contributed by atoms with Crippen LogP contribution in [0, 0.1) is 0 Å². The van der Waals surface area contributed by atoms with E-state index in [1.807, 2.05) is 0 Å². The highest BCUT2D eigenvalue weighted by atomic mass is 15.6. The van der Waals surface area contributed by atoms with E-state index in [0.29, 0.717) is 6.42 Å². The van der Waals surface area contributed by atoms with Crippen LogP contribution in [0.15, 0.2) is 0 Å². The molecule has 7 nitrogen and oxygen atoms in total. The molecule has 7 heteroatoms. The minimum atomic E-state index is 0.0739. The van der Waals surface area contributed by atoms with Crippen LogP contribution in [0.2, 0.25) is 0 Å². The molecule has 1 fully saturated rings. The van der Waals surface area contributed by atoms with Gasteiger partial charge < -0.3 is 0 Å². The zero-order valence-electron chi connectivity index (χ0n) is 12.8. The molecule has 1 aromatic rings. The molecule has 0 radical (unpaired) electrons. The molecule has 0 aliphatic carbocycles. The molecule has 1 aliphatic rings. The standard InChI is InChI=1S/C13H27N7/c1-4-13(5-2,20-8-6-7-9-20)11(15-14)10-12-16-18-19(3)17-12/h11,15H,4-10,14H2,1-3H3. The number of hydrogen-bond acceptors (Lipinski definition) is 6. The summed E-state index contributed by atoms with van der Waals surface area (Å²) in [6, 6.07) is 0.139. The van der Waals surface area contributed by atoms with Gasteiger partial charge in [0.05, 0.1) is 7.05 Å². The average Bonchev–Trinajstić information content (AvgIpc) is 3.11. The molecule has 3 N–H and O–H groups in total. The molecule has 0 aromatic carbocycles. The first kappa shape index (κ1) is 15.3. The number of nitrogens with one attached hydrogen (secondary N) is 1. The van der Waals surface area contributed by atoms with Gasteiger partial charge in [-0.25, -0.2) is 0 Å².